The molecule has 4 aromatic carbocycles. The highest BCUT2D eigenvalue weighted by Crippen LogP contribution is 2.37. The van der Waals surface area contributed by atoms with Crippen molar-refractivity contribution in [1.29, 1.82) is 0 Å². The second kappa shape index (κ2) is 14.7. The molecule has 1 atom stereocenters. The quantitative estimate of drug-likeness (QED) is 0.119. The van der Waals surface area contributed by atoms with E-state index in [0.29, 0.717) is 29.4 Å². The maximum Gasteiger partial charge on any atom is 0.201 e. The highest BCUT2D eigenvalue weighted by molar-refractivity contribution is 5.66. The van der Waals surface area contributed by atoms with Crippen molar-refractivity contribution in [1.82, 2.24) is 0 Å². The first-order valence-electron chi connectivity index (χ1n) is 15.5. The van der Waals surface area contributed by atoms with Crippen LogP contribution >= 0.6 is 0 Å². The van der Waals surface area contributed by atoms with Crippen molar-refractivity contribution in [2.75, 3.05) is 13.2 Å². The van der Waals surface area contributed by atoms with E-state index < -0.39 is 29.4 Å². The third kappa shape index (κ3) is 7.03. The Balaban J connectivity index is 1.45. The maximum absolute atomic E-state index is 15.5. The van der Waals surface area contributed by atoms with Gasteiger partial charge in [0.25, 0.3) is 0 Å². The molecule has 3 nitrogen and oxygen atoms in total. The van der Waals surface area contributed by atoms with Gasteiger partial charge in [-0.1, -0.05) is 69.0 Å². The predicted molar refractivity (Wildman–Crippen MR) is 164 cm³/mol. The third-order valence-corrected chi connectivity index (χ3v) is 8.20. The molecule has 1 fully saturated rings. The molecule has 7 heteroatoms. The van der Waals surface area contributed by atoms with Gasteiger partial charge in [0.15, 0.2) is 29.2 Å². The van der Waals surface area contributed by atoms with Gasteiger partial charge in [0.1, 0.15) is 5.75 Å². The molecule has 1 aliphatic carbocycles. The highest BCUT2D eigenvalue weighted by Gasteiger charge is 2.26. The van der Waals surface area contributed by atoms with Gasteiger partial charge in [-0.3, -0.25) is 0 Å². The van der Waals surface area contributed by atoms with E-state index in [1.807, 2.05) is 31.2 Å². The summed E-state index contributed by atoms with van der Waals surface area (Å²) in [6, 6.07) is 20.0. The molecule has 44 heavy (non-hydrogen) atoms. The molecule has 1 aliphatic rings. The fourth-order valence-electron chi connectivity index (χ4n) is 5.75. The monoisotopic (exact) mass is 606 g/mol. The van der Waals surface area contributed by atoms with Crippen molar-refractivity contribution in [2.45, 2.75) is 70.8 Å². The van der Waals surface area contributed by atoms with Gasteiger partial charge in [-0.2, -0.15) is 8.78 Å². The van der Waals surface area contributed by atoms with Gasteiger partial charge in [-0.25, -0.2) is 8.78 Å². The molecule has 0 aromatic heterocycles. The zero-order valence-corrected chi connectivity index (χ0v) is 25.2. The second-order valence-corrected chi connectivity index (χ2v) is 11.2. The Morgan fingerprint density at radius 2 is 1.34 bits per heavy atom. The molecule has 5 rings (SSSR count). The summed E-state index contributed by atoms with van der Waals surface area (Å²) >= 11 is 0. The van der Waals surface area contributed by atoms with Crippen LogP contribution in [0.15, 0.2) is 72.8 Å². The molecule has 0 radical (unpaired) electrons. The van der Waals surface area contributed by atoms with E-state index in [-0.39, 0.29) is 29.2 Å². The van der Waals surface area contributed by atoms with Crippen molar-refractivity contribution in [2.24, 2.45) is 0 Å². The van der Waals surface area contributed by atoms with Crippen molar-refractivity contribution in [3.63, 3.8) is 0 Å². The average molecular weight is 607 g/mol. The zero-order valence-electron chi connectivity index (χ0n) is 25.2. The van der Waals surface area contributed by atoms with E-state index >= 15 is 8.78 Å². The van der Waals surface area contributed by atoms with E-state index in [1.165, 1.54) is 49.1 Å². The molecular weight excluding hydrogens is 568 g/mol. The Hall–Kier alpha value is -4.00. The summed E-state index contributed by atoms with van der Waals surface area (Å²) in [6.45, 7) is 4.16. The van der Waals surface area contributed by atoms with Gasteiger partial charge in [-0.05, 0) is 85.2 Å². The number of hydrogen-bond donors (Lipinski definition) is 0. The lowest BCUT2D eigenvalue weighted by Gasteiger charge is -2.24. The van der Waals surface area contributed by atoms with Crippen molar-refractivity contribution >= 4 is 0 Å². The third-order valence-electron chi connectivity index (χ3n) is 8.20. The number of unbranched alkanes of at least 4 members (excludes halogenated alkanes) is 1. The fourth-order valence-corrected chi connectivity index (χ4v) is 5.75. The Morgan fingerprint density at radius 1 is 0.682 bits per heavy atom. The second-order valence-electron chi connectivity index (χ2n) is 11.2. The summed E-state index contributed by atoms with van der Waals surface area (Å²) in [5.74, 6) is -3.53. The summed E-state index contributed by atoms with van der Waals surface area (Å²) < 4.78 is 77.2. The van der Waals surface area contributed by atoms with E-state index in [0.717, 1.165) is 25.7 Å². The number of benzene rings is 4. The molecule has 0 saturated heterocycles. The Kier molecular flexibility index (Phi) is 10.5. The molecule has 0 heterocycles. The number of hydrogen-bond acceptors (Lipinski definition) is 3. The van der Waals surface area contributed by atoms with Gasteiger partial charge < -0.3 is 14.2 Å². The largest absolute Gasteiger partial charge is 0.491 e. The lowest BCUT2D eigenvalue weighted by molar-refractivity contribution is 0.237. The van der Waals surface area contributed by atoms with Crippen LogP contribution in [0.4, 0.5) is 17.6 Å². The van der Waals surface area contributed by atoms with Gasteiger partial charge in [0.05, 0.1) is 13.2 Å². The van der Waals surface area contributed by atoms with Gasteiger partial charge in [0, 0.05) is 11.1 Å². The number of rotatable bonds is 12. The fraction of sp³-hybridized carbons (Fsp3) is 0.351. The van der Waals surface area contributed by atoms with Crippen LogP contribution in [0.5, 0.6) is 17.2 Å². The summed E-state index contributed by atoms with van der Waals surface area (Å²) in [6.07, 6.45) is 6.60. The maximum atomic E-state index is 15.5. The lowest BCUT2D eigenvalue weighted by Crippen LogP contribution is -2.13. The molecule has 1 saturated carbocycles. The zero-order chi connectivity index (χ0) is 31.1. The topological polar surface area (TPSA) is 27.7 Å². The van der Waals surface area contributed by atoms with Crippen LogP contribution < -0.4 is 14.2 Å². The number of ether oxygens (including phenoxy) is 3. The Labute approximate surface area is 256 Å². The minimum Gasteiger partial charge on any atom is -0.491 e. The van der Waals surface area contributed by atoms with Crippen LogP contribution in [0.1, 0.15) is 87.5 Å². The molecule has 0 N–H and O–H groups in total. The molecule has 0 spiro atoms. The van der Waals surface area contributed by atoms with Gasteiger partial charge in [-0.15, -0.1) is 0 Å². The molecule has 4 aromatic rings. The van der Waals surface area contributed by atoms with Crippen LogP contribution in [0.3, 0.4) is 0 Å². The van der Waals surface area contributed by atoms with Crippen molar-refractivity contribution < 1.29 is 31.8 Å². The van der Waals surface area contributed by atoms with E-state index in [1.54, 1.807) is 31.2 Å². The van der Waals surface area contributed by atoms with E-state index in [2.05, 4.69) is 0 Å². The SMILES string of the molecule is CCCCOc1ccc(-c2ccc(C(Oc3ccc(C4CCCCC4)cc3)c3ccc(OCC)c(F)c3F)cc2)c(F)c1F. The van der Waals surface area contributed by atoms with Crippen LogP contribution in [0.2, 0.25) is 0 Å². The van der Waals surface area contributed by atoms with Crippen LogP contribution in [-0.2, 0) is 0 Å². The van der Waals surface area contributed by atoms with E-state index in [4.69, 9.17) is 14.2 Å². The first kappa shape index (κ1) is 31.4. The first-order chi connectivity index (χ1) is 21.4. The minimum atomic E-state index is -1.10. The van der Waals surface area contributed by atoms with Gasteiger partial charge in [0.2, 0.25) is 11.6 Å². The molecule has 232 valence electrons. The van der Waals surface area contributed by atoms with Crippen molar-refractivity contribution in [3.05, 3.63) is 113 Å². The summed E-state index contributed by atoms with van der Waals surface area (Å²) in [4.78, 5) is 0. The Bertz CT molecular complexity index is 1530. The highest BCUT2D eigenvalue weighted by atomic mass is 19.2. The summed E-state index contributed by atoms with van der Waals surface area (Å²) in [7, 11) is 0. The average Bonchev–Trinajstić information content (AvgIpc) is 3.06. The predicted octanol–water partition coefficient (Wildman–Crippen LogP) is 10.7. The summed E-state index contributed by atoms with van der Waals surface area (Å²) in [5, 5.41) is 0. The molecule has 0 aliphatic heterocycles. The van der Waals surface area contributed by atoms with Crippen LogP contribution in [-0.4, -0.2) is 13.2 Å². The standard InChI is InChI=1S/C37H38F4O3/c1-3-5-23-43-32-21-19-29(33(38)36(32)41)26-11-13-27(14-12-26)37(30-20-22-31(42-4-2)35(40)34(30)39)44-28-17-15-25(16-18-28)24-9-7-6-8-10-24/h11-22,24,37H,3-10,23H2,1-2H3. The minimum absolute atomic E-state index is 0.0131. The number of halogens is 4. The van der Waals surface area contributed by atoms with E-state index in [9.17, 15) is 8.78 Å². The summed E-state index contributed by atoms with van der Waals surface area (Å²) in [5.41, 5.74) is 2.21. The van der Waals surface area contributed by atoms with Gasteiger partial charge >= 0.3 is 0 Å². The molecule has 0 bridgehead atoms. The lowest BCUT2D eigenvalue weighted by atomic mass is 9.84. The normalized spacial score (nSPS) is 14.3. The molecular formula is C37H38F4O3. The van der Waals surface area contributed by atoms with Crippen molar-refractivity contribution in [3.8, 4) is 28.4 Å². The van der Waals surface area contributed by atoms with Crippen LogP contribution in [0.25, 0.3) is 11.1 Å². The van der Waals surface area contributed by atoms with Crippen LogP contribution in [0, 0.1) is 23.3 Å². The molecule has 1 unspecified atom stereocenters. The Morgan fingerprint density at radius 3 is 2.02 bits per heavy atom. The first-order valence-corrected chi connectivity index (χ1v) is 15.5. The molecule has 0 amide bonds. The smallest absolute Gasteiger partial charge is 0.201 e.